The molecule has 1 N–H and O–H groups in total. The molecule has 154 valence electrons. The van der Waals surface area contributed by atoms with Crippen LogP contribution in [0, 0.1) is 0 Å². The zero-order chi connectivity index (χ0) is 21.1. The summed E-state index contributed by atoms with van der Waals surface area (Å²) in [7, 11) is -3.55. The van der Waals surface area contributed by atoms with Crippen molar-refractivity contribution in [2.75, 3.05) is 22.4 Å². The fourth-order valence-corrected chi connectivity index (χ4v) is 4.23. The van der Waals surface area contributed by atoms with Gasteiger partial charge in [0.05, 0.1) is 18.5 Å². The molecule has 0 radical (unpaired) electrons. The van der Waals surface area contributed by atoms with Gasteiger partial charge in [-0.1, -0.05) is 24.3 Å². The van der Waals surface area contributed by atoms with Gasteiger partial charge in [-0.3, -0.25) is 14.1 Å². The number of hydrogen-bond acceptors (Lipinski definition) is 5. The first-order chi connectivity index (χ1) is 14.4. The van der Waals surface area contributed by atoms with E-state index in [1.165, 1.54) is 4.31 Å². The number of para-hydroxylation sites is 2. The van der Waals surface area contributed by atoms with Crippen LogP contribution in [0.3, 0.4) is 0 Å². The molecule has 1 aliphatic rings. The van der Waals surface area contributed by atoms with Crippen LogP contribution in [-0.4, -0.2) is 38.2 Å². The number of carbonyl (C=O) groups is 1. The minimum Gasteiger partial charge on any atom is -0.476 e. The average Bonchev–Trinajstić information content (AvgIpc) is 2.74. The number of sulfonamides is 1. The minimum atomic E-state index is -3.55. The first-order valence-corrected chi connectivity index (χ1v) is 11.3. The lowest BCUT2D eigenvalue weighted by molar-refractivity contribution is -0.122. The molecule has 2 heterocycles. The maximum absolute atomic E-state index is 12.8. The second-order valence-corrected chi connectivity index (χ2v) is 8.99. The highest BCUT2D eigenvalue weighted by Crippen LogP contribution is 2.34. The molecule has 2 aromatic carbocycles. The summed E-state index contributed by atoms with van der Waals surface area (Å²) in [6.07, 6.45) is 4.44. The van der Waals surface area contributed by atoms with Gasteiger partial charge in [0.25, 0.3) is 5.91 Å². The topological polar surface area (TPSA) is 88.6 Å². The molecule has 0 spiro atoms. The number of fused-ring (bicyclic) bond motifs is 1. The Labute approximate surface area is 175 Å². The first-order valence-electron chi connectivity index (χ1n) is 9.42. The van der Waals surface area contributed by atoms with Gasteiger partial charge in [0.1, 0.15) is 5.75 Å². The van der Waals surface area contributed by atoms with E-state index in [1.807, 2.05) is 36.4 Å². The molecular weight excluding hydrogens is 402 g/mol. The van der Waals surface area contributed by atoms with Crippen molar-refractivity contribution in [1.82, 2.24) is 4.98 Å². The summed E-state index contributed by atoms with van der Waals surface area (Å²) in [6, 6.07) is 18.2. The second kappa shape index (κ2) is 8.16. The number of pyridine rings is 1. The quantitative estimate of drug-likeness (QED) is 0.682. The number of ether oxygens (including phenoxy) is 1. The summed E-state index contributed by atoms with van der Waals surface area (Å²) in [5.74, 6) is -0.0398. The minimum absolute atomic E-state index is 0.0815. The summed E-state index contributed by atoms with van der Waals surface area (Å²) < 4.78 is 31.4. The Morgan fingerprint density at radius 2 is 1.73 bits per heavy atom. The van der Waals surface area contributed by atoms with E-state index in [4.69, 9.17) is 4.74 Å². The van der Waals surface area contributed by atoms with Crippen molar-refractivity contribution < 1.29 is 17.9 Å². The number of aromatic nitrogens is 1. The van der Waals surface area contributed by atoms with Crippen LogP contribution in [0.4, 0.5) is 11.4 Å². The maximum atomic E-state index is 12.8. The fourth-order valence-electron chi connectivity index (χ4n) is 3.32. The third-order valence-corrected chi connectivity index (χ3v) is 5.95. The van der Waals surface area contributed by atoms with Gasteiger partial charge in [-0.05, 0) is 53.9 Å². The molecule has 0 bridgehead atoms. The van der Waals surface area contributed by atoms with Crippen molar-refractivity contribution in [3.8, 4) is 5.75 Å². The Balaban J connectivity index is 1.46. The number of nitrogens with one attached hydrogen (secondary N) is 1. The van der Waals surface area contributed by atoms with Gasteiger partial charge in [-0.2, -0.15) is 0 Å². The number of carbonyl (C=O) groups excluding carboxylic acids is 1. The molecule has 1 atom stereocenters. The number of hydrogen-bond donors (Lipinski definition) is 1. The standard InChI is InChI=1S/C22H21N3O4S/c1-30(27,28)25-15-21(29-20-5-3-2-4-19(20)25)22(26)24-18-8-6-16(7-9-18)14-17-10-12-23-13-11-17/h2-13,21H,14-15H2,1H3,(H,24,26). The molecule has 30 heavy (non-hydrogen) atoms. The molecular formula is C22H21N3O4S. The van der Waals surface area contributed by atoms with Crippen LogP contribution in [0.5, 0.6) is 5.75 Å². The highest BCUT2D eigenvalue weighted by molar-refractivity contribution is 7.92. The monoisotopic (exact) mass is 423 g/mol. The Morgan fingerprint density at radius 1 is 1.07 bits per heavy atom. The van der Waals surface area contributed by atoms with Gasteiger partial charge in [0, 0.05) is 18.1 Å². The lowest BCUT2D eigenvalue weighted by Crippen LogP contribution is -2.48. The SMILES string of the molecule is CS(=O)(=O)N1CC(C(=O)Nc2ccc(Cc3ccncc3)cc2)Oc2ccccc21. The lowest BCUT2D eigenvalue weighted by atomic mass is 10.1. The summed E-state index contributed by atoms with van der Waals surface area (Å²) in [4.78, 5) is 16.8. The zero-order valence-electron chi connectivity index (χ0n) is 16.4. The van der Waals surface area contributed by atoms with Crippen LogP contribution >= 0.6 is 0 Å². The van der Waals surface area contributed by atoms with Gasteiger partial charge >= 0.3 is 0 Å². The van der Waals surface area contributed by atoms with E-state index in [0.29, 0.717) is 17.1 Å². The van der Waals surface area contributed by atoms with Crippen LogP contribution in [0.1, 0.15) is 11.1 Å². The smallest absolute Gasteiger partial charge is 0.267 e. The molecule has 1 aromatic heterocycles. The largest absolute Gasteiger partial charge is 0.476 e. The van der Waals surface area contributed by atoms with Gasteiger partial charge in [0.2, 0.25) is 10.0 Å². The van der Waals surface area contributed by atoms with E-state index < -0.39 is 22.0 Å². The van der Waals surface area contributed by atoms with Crippen LogP contribution < -0.4 is 14.4 Å². The molecule has 1 aliphatic heterocycles. The predicted molar refractivity (Wildman–Crippen MR) is 115 cm³/mol. The molecule has 7 nitrogen and oxygen atoms in total. The molecule has 3 aromatic rings. The van der Waals surface area contributed by atoms with Gasteiger partial charge < -0.3 is 10.1 Å². The van der Waals surface area contributed by atoms with E-state index in [0.717, 1.165) is 23.8 Å². The van der Waals surface area contributed by atoms with Crippen molar-refractivity contribution in [3.05, 3.63) is 84.2 Å². The highest BCUT2D eigenvalue weighted by atomic mass is 32.2. The van der Waals surface area contributed by atoms with E-state index in [-0.39, 0.29) is 6.54 Å². The third kappa shape index (κ3) is 4.44. The summed E-state index contributed by atoms with van der Waals surface area (Å²) in [5, 5.41) is 2.81. The molecule has 1 unspecified atom stereocenters. The van der Waals surface area contributed by atoms with E-state index in [9.17, 15) is 13.2 Å². The van der Waals surface area contributed by atoms with Crippen molar-refractivity contribution in [3.63, 3.8) is 0 Å². The molecule has 4 rings (SSSR count). The Kier molecular flexibility index (Phi) is 5.41. The number of amides is 1. The zero-order valence-corrected chi connectivity index (χ0v) is 17.2. The predicted octanol–water partition coefficient (Wildman–Crippen LogP) is 2.84. The van der Waals surface area contributed by atoms with Gasteiger partial charge in [-0.15, -0.1) is 0 Å². The molecule has 0 fully saturated rings. The van der Waals surface area contributed by atoms with Gasteiger partial charge in [0.15, 0.2) is 6.10 Å². The number of benzene rings is 2. The second-order valence-electron chi connectivity index (χ2n) is 7.09. The molecule has 8 heteroatoms. The van der Waals surface area contributed by atoms with Crippen molar-refractivity contribution in [2.24, 2.45) is 0 Å². The fraction of sp³-hybridized carbons (Fsp3) is 0.182. The van der Waals surface area contributed by atoms with Crippen LogP contribution in [0.15, 0.2) is 73.1 Å². The van der Waals surface area contributed by atoms with Crippen molar-refractivity contribution >= 4 is 27.3 Å². The van der Waals surface area contributed by atoms with Crippen LogP contribution in [0.2, 0.25) is 0 Å². The molecule has 0 saturated carbocycles. The number of nitrogens with zero attached hydrogens (tertiary/aromatic N) is 2. The summed E-state index contributed by atoms with van der Waals surface area (Å²) in [5.41, 5.74) is 3.30. The van der Waals surface area contributed by atoms with Crippen LogP contribution in [0.25, 0.3) is 0 Å². The Hall–Kier alpha value is -3.39. The lowest BCUT2D eigenvalue weighted by Gasteiger charge is -2.33. The first kappa shape index (κ1) is 19.9. The van der Waals surface area contributed by atoms with E-state index in [2.05, 4.69) is 10.3 Å². The average molecular weight is 423 g/mol. The highest BCUT2D eigenvalue weighted by Gasteiger charge is 2.34. The maximum Gasteiger partial charge on any atom is 0.267 e. The van der Waals surface area contributed by atoms with Crippen molar-refractivity contribution in [2.45, 2.75) is 12.5 Å². The Morgan fingerprint density at radius 3 is 2.43 bits per heavy atom. The van der Waals surface area contributed by atoms with Crippen molar-refractivity contribution in [1.29, 1.82) is 0 Å². The van der Waals surface area contributed by atoms with E-state index in [1.54, 1.807) is 36.7 Å². The number of rotatable bonds is 5. The van der Waals surface area contributed by atoms with Crippen LogP contribution in [-0.2, 0) is 21.2 Å². The normalized spacial score (nSPS) is 15.8. The Bertz CT molecular complexity index is 1150. The van der Waals surface area contributed by atoms with Gasteiger partial charge in [-0.25, -0.2) is 8.42 Å². The molecule has 0 aliphatic carbocycles. The molecule has 0 saturated heterocycles. The third-order valence-electron chi connectivity index (χ3n) is 4.81. The molecule has 1 amide bonds. The number of anilines is 2. The van der Waals surface area contributed by atoms with E-state index >= 15 is 0 Å². The summed E-state index contributed by atoms with van der Waals surface area (Å²) in [6.45, 7) is -0.0815. The summed E-state index contributed by atoms with van der Waals surface area (Å²) >= 11 is 0.